The van der Waals surface area contributed by atoms with Crippen LogP contribution in [0, 0.1) is 10.8 Å². The molecule has 0 saturated carbocycles. The molecule has 0 saturated heterocycles. The fraction of sp³-hybridized carbons (Fsp3) is 0.333. The number of hydrogen-bond acceptors (Lipinski definition) is 1. The van der Waals surface area contributed by atoms with Gasteiger partial charge in [-0.25, -0.2) is 0 Å². The molecule has 2 aliphatic rings. The summed E-state index contributed by atoms with van der Waals surface area (Å²) in [5, 5.41) is 2.52. The Morgan fingerprint density at radius 2 is 0.884 bits per heavy atom. The standard InChI is InChI=1S/C42H45N/c1-38(2)34-25-30(26-35-37(34)42(9,40(38,5)6)41(7,8)39(35,3)4)33-24-28-18-16-17-19-29(28)27-36(33)43(31-20-12-10-13-21-31)32-22-14-11-15-23-32/h10-27H,1-9H3. The number of nitrogens with zero attached hydrogens (tertiary/aromatic N) is 1. The molecule has 0 radical (unpaired) electrons. The highest BCUT2D eigenvalue weighted by Gasteiger charge is 2.72. The normalized spacial score (nSPS) is 19.7. The van der Waals surface area contributed by atoms with E-state index >= 15 is 0 Å². The molecule has 2 aliphatic carbocycles. The Kier molecular flexibility index (Phi) is 5.76. The third-order valence-electron chi connectivity index (χ3n) is 13.1. The summed E-state index contributed by atoms with van der Waals surface area (Å²) in [5.74, 6) is 0. The first-order chi connectivity index (χ1) is 20.2. The van der Waals surface area contributed by atoms with E-state index < -0.39 is 0 Å². The molecule has 0 heterocycles. The molecule has 0 fully saturated rings. The van der Waals surface area contributed by atoms with Crippen LogP contribution in [-0.4, -0.2) is 0 Å². The molecular formula is C42H45N. The summed E-state index contributed by atoms with van der Waals surface area (Å²) < 4.78 is 0. The Bertz CT molecular complexity index is 1780. The van der Waals surface area contributed by atoms with Crippen LogP contribution < -0.4 is 4.90 Å². The predicted molar refractivity (Wildman–Crippen MR) is 185 cm³/mol. The lowest BCUT2D eigenvalue weighted by atomic mass is 9.47. The lowest BCUT2D eigenvalue weighted by Gasteiger charge is -2.56. The maximum Gasteiger partial charge on any atom is 0.0546 e. The second-order valence-electron chi connectivity index (χ2n) is 15.3. The van der Waals surface area contributed by atoms with Gasteiger partial charge in [0.15, 0.2) is 0 Å². The molecule has 0 N–H and O–H groups in total. The smallest absolute Gasteiger partial charge is 0.0546 e. The van der Waals surface area contributed by atoms with Crippen LogP contribution in [0.5, 0.6) is 0 Å². The van der Waals surface area contributed by atoms with Crippen LogP contribution in [0.15, 0.2) is 109 Å². The molecule has 0 unspecified atom stereocenters. The third kappa shape index (κ3) is 3.40. The largest absolute Gasteiger partial charge is 0.310 e. The Morgan fingerprint density at radius 1 is 0.465 bits per heavy atom. The maximum atomic E-state index is 2.56. The topological polar surface area (TPSA) is 3.24 Å². The van der Waals surface area contributed by atoms with E-state index in [9.17, 15) is 0 Å². The van der Waals surface area contributed by atoms with E-state index in [0.717, 1.165) is 11.4 Å². The molecule has 1 nitrogen and oxygen atoms in total. The average Bonchev–Trinajstić information content (AvgIpc) is 3.20. The summed E-state index contributed by atoms with van der Waals surface area (Å²) >= 11 is 0. The number of para-hydroxylation sites is 2. The Morgan fingerprint density at radius 3 is 1.35 bits per heavy atom. The van der Waals surface area contributed by atoms with Crippen molar-refractivity contribution in [3.63, 3.8) is 0 Å². The Hall–Kier alpha value is -3.84. The molecule has 0 bridgehead atoms. The van der Waals surface area contributed by atoms with Crippen molar-refractivity contribution in [1.29, 1.82) is 0 Å². The highest BCUT2D eigenvalue weighted by molar-refractivity contribution is 5.98. The van der Waals surface area contributed by atoms with Crippen LogP contribution >= 0.6 is 0 Å². The number of hydrogen-bond donors (Lipinski definition) is 0. The summed E-state index contributed by atoms with van der Waals surface area (Å²) in [6, 6.07) is 40.4. The van der Waals surface area contributed by atoms with E-state index in [1.54, 1.807) is 5.56 Å². The molecule has 43 heavy (non-hydrogen) atoms. The van der Waals surface area contributed by atoms with Gasteiger partial charge in [-0.2, -0.15) is 0 Å². The van der Waals surface area contributed by atoms with Crippen molar-refractivity contribution in [2.24, 2.45) is 10.8 Å². The molecule has 0 aromatic heterocycles. The van der Waals surface area contributed by atoms with Gasteiger partial charge in [-0.1, -0.05) is 135 Å². The molecule has 0 spiro atoms. The van der Waals surface area contributed by atoms with E-state index in [2.05, 4.69) is 176 Å². The van der Waals surface area contributed by atoms with Crippen LogP contribution in [0.25, 0.3) is 21.9 Å². The minimum atomic E-state index is 0.0190. The average molecular weight is 564 g/mol. The van der Waals surface area contributed by atoms with Crippen molar-refractivity contribution in [2.45, 2.75) is 78.6 Å². The zero-order valence-electron chi connectivity index (χ0n) is 27.3. The monoisotopic (exact) mass is 563 g/mol. The van der Waals surface area contributed by atoms with Crippen molar-refractivity contribution >= 4 is 27.8 Å². The molecule has 0 atom stereocenters. The van der Waals surface area contributed by atoms with Crippen LogP contribution in [-0.2, 0) is 16.2 Å². The van der Waals surface area contributed by atoms with Crippen LogP contribution in [0.1, 0.15) is 79.0 Å². The minimum Gasteiger partial charge on any atom is -0.310 e. The fourth-order valence-corrected chi connectivity index (χ4v) is 8.88. The fourth-order valence-electron chi connectivity index (χ4n) is 8.88. The first-order valence-electron chi connectivity index (χ1n) is 15.9. The van der Waals surface area contributed by atoms with Crippen molar-refractivity contribution in [3.8, 4) is 11.1 Å². The first-order valence-corrected chi connectivity index (χ1v) is 15.9. The molecule has 5 aromatic carbocycles. The van der Waals surface area contributed by atoms with E-state index in [0.29, 0.717) is 0 Å². The second-order valence-corrected chi connectivity index (χ2v) is 15.3. The van der Waals surface area contributed by atoms with Gasteiger partial charge in [0.05, 0.1) is 5.69 Å². The van der Waals surface area contributed by atoms with E-state index in [1.807, 2.05) is 0 Å². The van der Waals surface area contributed by atoms with Gasteiger partial charge in [0, 0.05) is 22.4 Å². The third-order valence-corrected chi connectivity index (χ3v) is 13.1. The van der Waals surface area contributed by atoms with Gasteiger partial charge >= 0.3 is 0 Å². The highest BCUT2D eigenvalue weighted by atomic mass is 15.1. The Balaban J connectivity index is 1.59. The van der Waals surface area contributed by atoms with E-state index in [4.69, 9.17) is 0 Å². The summed E-state index contributed by atoms with van der Waals surface area (Å²) in [6.45, 7) is 22.6. The summed E-state index contributed by atoms with van der Waals surface area (Å²) in [6.07, 6.45) is 0. The summed E-state index contributed by atoms with van der Waals surface area (Å²) in [4.78, 5) is 2.43. The van der Waals surface area contributed by atoms with Crippen LogP contribution in [0.3, 0.4) is 0 Å². The zero-order valence-corrected chi connectivity index (χ0v) is 27.3. The molecule has 0 amide bonds. The minimum absolute atomic E-state index is 0.0190. The van der Waals surface area contributed by atoms with Crippen molar-refractivity contribution in [2.75, 3.05) is 4.90 Å². The summed E-state index contributed by atoms with van der Waals surface area (Å²) in [7, 11) is 0. The van der Waals surface area contributed by atoms with Gasteiger partial charge in [0.25, 0.3) is 0 Å². The van der Waals surface area contributed by atoms with E-state index in [-0.39, 0.29) is 27.1 Å². The van der Waals surface area contributed by atoms with Gasteiger partial charge in [-0.15, -0.1) is 0 Å². The molecule has 7 rings (SSSR count). The lowest BCUT2D eigenvalue weighted by Crippen LogP contribution is -2.55. The van der Waals surface area contributed by atoms with Gasteiger partial charge in [-0.05, 0) is 91.1 Å². The maximum absolute atomic E-state index is 2.56. The molecule has 218 valence electrons. The number of fused-ring (bicyclic) bond motifs is 1. The van der Waals surface area contributed by atoms with Crippen molar-refractivity contribution < 1.29 is 0 Å². The molecule has 5 aromatic rings. The van der Waals surface area contributed by atoms with Gasteiger partial charge < -0.3 is 4.90 Å². The van der Waals surface area contributed by atoms with Crippen LogP contribution in [0.2, 0.25) is 0 Å². The number of anilines is 3. The highest BCUT2D eigenvalue weighted by Crippen LogP contribution is 2.76. The Labute approximate surface area is 258 Å². The number of benzene rings is 5. The quantitative estimate of drug-likeness (QED) is 0.210. The zero-order chi connectivity index (χ0) is 30.6. The van der Waals surface area contributed by atoms with E-state index in [1.165, 1.54) is 38.7 Å². The van der Waals surface area contributed by atoms with Crippen LogP contribution in [0.4, 0.5) is 17.1 Å². The van der Waals surface area contributed by atoms with Crippen molar-refractivity contribution in [3.05, 3.63) is 126 Å². The molecular weight excluding hydrogens is 518 g/mol. The van der Waals surface area contributed by atoms with Gasteiger partial charge in [0.1, 0.15) is 0 Å². The molecule has 1 heteroatoms. The summed E-state index contributed by atoms with van der Waals surface area (Å²) in [5.41, 5.74) is 11.0. The number of rotatable bonds is 4. The first kappa shape index (κ1) is 28.0. The second kappa shape index (κ2) is 8.85. The SMILES string of the molecule is CC1(C)c2cc(-c3cc4ccccc4cc3N(c3ccccc3)c3ccccc3)cc3c2C(C)(C1(C)C)C(C)(C)C3(C)C. The van der Waals surface area contributed by atoms with Crippen molar-refractivity contribution in [1.82, 2.24) is 0 Å². The van der Waals surface area contributed by atoms with Gasteiger partial charge in [0.2, 0.25) is 0 Å². The lowest BCUT2D eigenvalue weighted by molar-refractivity contribution is -0.0105. The predicted octanol–water partition coefficient (Wildman–Crippen LogP) is 11.9. The molecule has 0 aliphatic heterocycles. The van der Waals surface area contributed by atoms with Gasteiger partial charge in [-0.3, -0.25) is 0 Å².